The van der Waals surface area contributed by atoms with Gasteiger partial charge in [-0.05, 0) is 24.3 Å². The quantitative estimate of drug-likeness (QED) is 0.597. The van der Waals surface area contributed by atoms with Crippen LogP contribution in [0.3, 0.4) is 0 Å². The maximum atomic E-state index is 11.9. The van der Waals surface area contributed by atoms with Crippen molar-refractivity contribution in [2.24, 2.45) is 0 Å². The summed E-state index contributed by atoms with van der Waals surface area (Å²) in [4.78, 5) is 23.7. The first kappa shape index (κ1) is 14.4. The number of amides is 2. The summed E-state index contributed by atoms with van der Waals surface area (Å²) >= 11 is 0. The van der Waals surface area contributed by atoms with Crippen molar-refractivity contribution < 1.29 is 9.59 Å². The number of imide groups is 1. The van der Waals surface area contributed by atoms with Crippen molar-refractivity contribution in [3.05, 3.63) is 82.9 Å². The van der Waals surface area contributed by atoms with Gasteiger partial charge in [-0.3, -0.25) is 14.9 Å². The first-order valence-corrected chi connectivity index (χ1v) is 6.98. The molecule has 0 bridgehead atoms. The predicted molar refractivity (Wildman–Crippen MR) is 86.8 cm³/mol. The van der Waals surface area contributed by atoms with Gasteiger partial charge in [-0.15, -0.1) is 0 Å². The van der Waals surface area contributed by atoms with Crippen LogP contribution in [0.15, 0.2) is 71.8 Å². The van der Waals surface area contributed by atoms with Crippen LogP contribution in [0.1, 0.15) is 11.1 Å². The fourth-order valence-corrected chi connectivity index (χ4v) is 2.01. The number of nitrogens with one attached hydrogen (secondary N) is 1. The molecule has 2 aromatic carbocycles. The monoisotopic (exact) mass is 297 g/mol. The van der Waals surface area contributed by atoms with E-state index in [0.29, 0.717) is 0 Å². The minimum absolute atomic E-state index is 0.113. The summed E-state index contributed by atoms with van der Waals surface area (Å²) in [5.74, 6) is 10.3. The van der Waals surface area contributed by atoms with Gasteiger partial charge in [0.25, 0.3) is 11.8 Å². The molecule has 2 amide bonds. The second-order valence-electron chi connectivity index (χ2n) is 4.77. The van der Waals surface area contributed by atoms with Gasteiger partial charge in [0.15, 0.2) is 0 Å². The minimum Gasteiger partial charge on any atom is -0.287 e. The Morgan fingerprint density at radius 2 is 0.957 bits per heavy atom. The standard InChI is InChI=1S/C20H11NO2/c22-19-17(13-11-15-7-3-1-4-8-15)18(20(23)21-19)14-12-16-9-5-2-6-10-16/h1-10H,(H,21,22,23). The average Bonchev–Trinajstić information content (AvgIpc) is 2.86. The number of benzene rings is 2. The van der Waals surface area contributed by atoms with E-state index in [1.165, 1.54) is 0 Å². The molecule has 1 N–H and O–H groups in total. The Labute approximate surface area is 134 Å². The van der Waals surface area contributed by atoms with Crippen molar-refractivity contribution in [3.8, 4) is 23.7 Å². The van der Waals surface area contributed by atoms with Crippen LogP contribution in [0.25, 0.3) is 0 Å². The average molecular weight is 297 g/mol. The van der Waals surface area contributed by atoms with Crippen LogP contribution in [-0.4, -0.2) is 11.8 Å². The Morgan fingerprint density at radius 1 is 0.565 bits per heavy atom. The minimum atomic E-state index is -0.504. The number of rotatable bonds is 0. The molecule has 3 heteroatoms. The SMILES string of the molecule is O=C1NC(=O)C(C#Cc2ccccc2)=C1C#Cc1ccccc1. The zero-order valence-corrected chi connectivity index (χ0v) is 12.1. The maximum absolute atomic E-state index is 11.9. The van der Waals surface area contributed by atoms with Gasteiger partial charge < -0.3 is 0 Å². The summed E-state index contributed by atoms with van der Waals surface area (Å²) in [5.41, 5.74) is 1.76. The van der Waals surface area contributed by atoms with Crippen LogP contribution in [0, 0.1) is 23.7 Å². The van der Waals surface area contributed by atoms with Crippen molar-refractivity contribution in [2.75, 3.05) is 0 Å². The molecule has 0 aliphatic carbocycles. The van der Waals surface area contributed by atoms with Gasteiger partial charge >= 0.3 is 0 Å². The molecular formula is C20H11NO2. The van der Waals surface area contributed by atoms with Crippen LogP contribution in [0.2, 0.25) is 0 Å². The lowest BCUT2D eigenvalue weighted by molar-refractivity contribution is -0.123. The van der Waals surface area contributed by atoms with Crippen LogP contribution < -0.4 is 5.32 Å². The molecule has 0 saturated carbocycles. The highest BCUT2D eigenvalue weighted by Gasteiger charge is 2.27. The van der Waals surface area contributed by atoms with Gasteiger partial charge in [-0.25, -0.2) is 0 Å². The number of hydrogen-bond donors (Lipinski definition) is 1. The van der Waals surface area contributed by atoms with Crippen LogP contribution in [0.5, 0.6) is 0 Å². The summed E-state index contributed by atoms with van der Waals surface area (Å²) in [6.45, 7) is 0. The molecule has 0 spiro atoms. The first-order chi connectivity index (χ1) is 11.2. The number of hydrogen-bond acceptors (Lipinski definition) is 2. The molecule has 108 valence electrons. The smallest absolute Gasteiger partial charge is 0.268 e. The molecule has 2 aromatic rings. The van der Waals surface area contributed by atoms with Crippen LogP contribution >= 0.6 is 0 Å². The number of carbonyl (C=O) groups is 2. The molecule has 0 unspecified atom stereocenters. The topological polar surface area (TPSA) is 46.2 Å². The van der Waals surface area contributed by atoms with E-state index in [-0.39, 0.29) is 11.1 Å². The molecular weight excluding hydrogens is 286 g/mol. The van der Waals surface area contributed by atoms with Gasteiger partial charge in [0.05, 0.1) is 0 Å². The molecule has 3 rings (SSSR count). The molecule has 23 heavy (non-hydrogen) atoms. The molecule has 0 atom stereocenters. The zero-order chi connectivity index (χ0) is 16.1. The summed E-state index contributed by atoms with van der Waals surface area (Å²) < 4.78 is 0. The third-order valence-corrected chi connectivity index (χ3v) is 3.14. The Balaban J connectivity index is 1.99. The highest BCUT2D eigenvalue weighted by Crippen LogP contribution is 2.12. The normalized spacial score (nSPS) is 12.9. The van der Waals surface area contributed by atoms with Crippen molar-refractivity contribution in [1.29, 1.82) is 0 Å². The Kier molecular flexibility index (Phi) is 4.05. The van der Waals surface area contributed by atoms with Crippen molar-refractivity contribution >= 4 is 11.8 Å². The zero-order valence-electron chi connectivity index (χ0n) is 12.1. The molecule has 0 radical (unpaired) electrons. The summed E-state index contributed by atoms with van der Waals surface area (Å²) in [5, 5.41) is 2.23. The van der Waals surface area contributed by atoms with E-state index in [9.17, 15) is 9.59 Å². The largest absolute Gasteiger partial charge is 0.287 e. The van der Waals surface area contributed by atoms with Crippen LogP contribution in [-0.2, 0) is 9.59 Å². The molecule has 1 heterocycles. The fraction of sp³-hybridized carbons (Fsp3) is 0. The molecule has 1 aliphatic rings. The third-order valence-electron chi connectivity index (χ3n) is 3.14. The lowest BCUT2D eigenvalue weighted by Crippen LogP contribution is -2.22. The Morgan fingerprint density at radius 3 is 1.35 bits per heavy atom. The van der Waals surface area contributed by atoms with E-state index in [1.54, 1.807) is 0 Å². The van der Waals surface area contributed by atoms with E-state index >= 15 is 0 Å². The number of carbonyl (C=O) groups excluding carboxylic acids is 2. The van der Waals surface area contributed by atoms with Gasteiger partial charge in [-0.2, -0.15) is 0 Å². The fourth-order valence-electron chi connectivity index (χ4n) is 2.01. The summed E-state index contributed by atoms with van der Waals surface area (Å²) in [7, 11) is 0. The van der Waals surface area contributed by atoms with Gasteiger partial charge in [0.2, 0.25) is 0 Å². The van der Waals surface area contributed by atoms with Crippen LogP contribution in [0.4, 0.5) is 0 Å². The highest BCUT2D eigenvalue weighted by atomic mass is 16.2. The van der Waals surface area contributed by atoms with Crippen molar-refractivity contribution in [3.63, 3.8) is 0 Å². The highest BCUT2D eigenvalue weighted by molar-refractivity contribution is 6.23. The maximum Gasteiger partial charge on any atom is 0.268 e. The van der Waals surface area contributed by atoms with Crippen molar-refractivity contribution in [2.45, 2.75) is 0 Å². The van der Waals surface area contributed by atoms with Crippen molar-refractivity contribution in [1.82, 2.24) is 5.32 Å². The van der Waals surface area contributed by atoms with E-state index in [0.717, 1.165) is 11.1 Å². The van der Waals surface area contributed by atoms with E-state index in [1.807, 2.05) is 60.7 Å². The van der Waals surface area contributed by atoms with E-state index < -0.39 is 11.8 Å². The van der Waals surface area contributed by atoms with E-state index in [4.69, 9.17) is 0 Å². The second-order valence-corrected chi connectivity index (χ2v) is 4.77. The second kappa shape index (κ2) is 6.47. The van der Waals surface area contributed by atoms with Gasteiger partial charge in [0, 0.05) is 11.1 Å². The molecule has 3 nitrogen and oxygen atoms in total. The molecule has 0 aromatic heterocycles. The van der Waals surface area contributed by atoms with Gasteiger partial charge in [0.1, 0.15) is 11.1 Å². The predicted octanol–water partition coefficient (Wildman–Crippen LogP) is 2.04. The molecule has 0 saturated heterocycles. The Bertz CT molecular complexity index is 840. The summed E-state index contributed by atoms with van der Waals surface area (Å²) in [6.07, 6.45) is 0. The molecule has 1 aliphatic heterocycles. The lowest BCUT2D eigenvalue weighted by Gasteiger charge is -1.89. The third kappa shape index (κ3) is 3.37. The lowest BCUT2D eigenvalue weighted by atomic mass is 10.1. The summed E-state index contributed by atoms with van der Waals surface area (Å²) in [6, 6.07) is 18.5. The van der Waals surface area contributed by atoms with E-state index in [2.05, 4.69) is 29.0 Å². The Hall–Kier alpha value is -3.56. The molecule has 0 fully saturated rings. The first-order valence-electron chi connectivity index (χ1n) is 6.98. The van der Waals surface area contributed by atoms with Gasteiger partial charge in [-0.1, -0.05) is 60.1 Å².